The molecule has 0 spiro atoms. The van der Waals surface area contributed by atoms with Gasteiger partial charge in [0.15, 0.2) is 23.0 Å². The van der Waals surface area contributed by atoms with Crippen LogP contribution in [-0.4, -0.2) is 25.8 Å². The molecule has 2 aliphatic rings. The number of carbonyl (C=O) groups is 1. The molecule has 0 fully saturated rings. The summed E-state index contributed by atoms with van der Waals surface area (Å²) in [6, 6.07) is 27.8. The predicted molar refractivity (Wildman–Crippen MR) is 156 cm³/mol. The molecule has 2 unspecified atom stereocenters. The van der Waals surface area contributed by atoms with Gasteiger partial charge in [-0.05, 0) is 48.4 Å². The van der Waals surface area contributed by atoms with E-state index in [0.29, 0.717) is 40.9 Å². The minimum absolute atomic E-state index is 0.0210. The van der Waals surface area contributed by atoms with Crippen LogP contribution in [0.15, 0.2) is 96.4 Å². The second-order valence-electron chi connectivity index (χ2n) is 10.1. The van der Waals surface area contributed by atoms with E-state index in [2.05, 4.69) is 6.07 Å². The summed E-state index contributed by atoms with van der Waals surface area (Å²) in [4.78, 5) is 12.9. The number of rotatable bonds is 7. The number of hydrogen-bond donors (Lipinski definition) is 1. The molecule has 43 heavy (non-hydrogen) atoms. The molecule has 9 heteroatoms. The van der Waals surface area contributed by atoms with Crippen molar-refractivity contribution in [2.24, 2.45) is 5.73 Å². The number of benzene rings is 4. The third kappa shape index (κ3) is 5.63. The van der Waals surface area contributed by atoms with Gasteiger partial charge in [-0.2, -0.15) is 5.26 Å². The molecule has 0 bridgehead atoms. The maximum atomic E-state index is 12.9. The van der Waals surface area contributed by atoms with Gasteiger partial charge in [-0.25, -0.2) is 4.79 Å². The number of carbonyl (C=O) groups excluding carboxylic acids is 1. The second kappa shape index (κ2) is 11.7. The van der Waals surface area contributed by atoms with Gasteiger partial charge in [0.05, 0.1) is 13.0 Å². The fourth-order valence-electron chi connectivity index (χ4n) is 4.99. The quantitative estimate of drug-likeness (QED) is 0.223. The van der Waals surface area contributed by atoms with E-state index in [1.165, 1.54) is 5.56 Å². The van der Waals surface area contributed by atoms with Crippen LogP contribution < -0.4 is 34.2 Å². The predicted octanol–water partition coefficient (Wildman–Crippen LogP) is 5.55. The Labute approximate surface area is 248 Å². The van der Waals surface area contributed by atoms with E-state index >= 15 is 0 Å². The van der Waals surface area contributed by atoms with Crippen LogP contribution in [0.1, 0.15) is 28.2 Å². The minimum atomic E-state index is -0.936. The highest BCUT2D eigenvalue weighted by atomic mass is 16.6. The highest BCUT2D eigenvalue weighted by molar-refractivity contribution is 5.78. The summed E-state index contributed by atoms with van der Waals surface area (Å²) in [6.45, 7) is 2.43. The van der Waals surface area contributed by atoms with Crippen LogP contribution in [0, 0.1) is 18.3 Å². The van der Waals surface area contributed by atoms with Gasteiger partial charge in [-0.1, -0.05) is 54.1 Å². The molecule has 9 nitrogen and oxygen atoms in total. The van der Waals surface area contributed by atoms with E-state index in [9.17, 15) is 10.1 Å². The van der Waals surface area contributed by atoms with Crippen LogP contribution in [0.5, 0.6) is 34.5 Å². The molecule has 6 rings (SSSR count). The fraction of sp³-hybridized carbons (Fsp3) is 0.176. The van der Waals surface area contributed by atoms with Gasteiger partial charge in [0.25, 0.3) is 0 Å². The lowest BCUT2D eigenvalue weighted by Crippen LogP contribution is -2.39. The monoisotopic (exact) mass is 576 g/mol. The van der Waals surface area contributed by atoms with Gasteiger partial charge in [0.1, 0.15) is 36.4 Å². The van der Waals surface area contributed by atoms with E-state index < -0.39 is 18.0 Å². The summed E-state index contributed by atoms with van der Waals surface area (Å²) in [5.74, 6) is 1.49. The average molecular weight is 577 g/mol. The van der Waals surface area contributed by atoms with E-state index in [1.807, 2.05) is 55.5 Å². The summed E-state index contributed by atoms with van der Waals surface area (Å²) in [6.07, 6.45) is -0.936. The van der Waals surface area contributed by atoms with Crippen LogP contribution in [0.2, 0.25) is 0 Å². The number of nitrogens with zero attached hydrogens (tertiary/aromatic N) is 1. The molecule has 2 heterocycles. The molecule has 2 aliphatic heterocycles. The molecule has 4 aromatic carbocycles. The van der Waals surface area contributed by atoms with Crippen molar-refractivity contribution >= 4 is 5.97 Å². The van der Waals surface area contributed by atoms with Crippen molar-refractivity contribution in [3.8, 4) is 40.6 Å². The molecule has 0 aromatic heterocycles. The number of para-hydroxylation sites is 2. The van der Waals surface area contributed by atoms with Crippen LogP contribution in [0.4, 0.5) is 0 Å². The van der Waals surface area contributed by atoms with Crippen molar-refractivity contribution in [3.05, 3.63) is 119 Å². The molecule has 0 radical (unpaired) electrons. The van der Waals surface area contributed by atoms with Crippen molar-refractivity contribution in [2.45, 2.75) is 25.6 Å². The third-order valence-electron chi connectivity index (χ3n) is 7.22. The van der Waals surface area contributed by atoms with Crippen molar-refractivity contribution in [1.82, 2.24) is 0 Å². The average Bonchev–Trinajstić information content (AvgIpc) is 3.03. The summed E-state index contributed by atoms with van der Waals surface area (Å²) < 4.78 is 34.5. The van der Waals surface area contributed by atoms with Gasteiger partial charge in [-0.3, -0.25) is 0 Å². The molecule has 2 atom stereocenters. The van der Waals surface area contributed by atoms with Gasteiger partial charge in [0, 0.05) is 11.6 Å². The number of fused-ring (bicyclic) bond motifs is 2. The summed E-state index contributed by atoms with van der Waals surface area (Å²) in [7, 11) is 1.56. The minimum Gasteiger partial charge on any atom is -0.493 e. The first kappa shape index (κ1) is 27.5. The van der Waals surface area contributed by atoms with Crippen LogP contribution in [0.25, 0.3) is 0 Å². The number of allylic oxidation sites excluding steroid dienone is 1. The van der Waals surface area contributed by atoms with Gasteiger partial charge >= 0.3 is 5.97 Å². The first-order valence-corrected chi connectivity index (χ1v) is 13.6. The Morgan fingerprint density at radius 1 is 0.977 bits per heavy atom. The summed E-state index contributed by atoms with van der Waals surface area (Å²) in [5, 5.41) is 10.00. The summed E-state index contributed by atoms with van der Waals surface area (Å²) in [5.41, 5.74) is 10.1. The molecule has 0 saturated carbocycles. The normalized spacial score (nSPS) is 16.8. The smallest absolute Gasteiger partial charge is 0.356 e. The van der Waals surface area contributed by atoms with Gasteiger partial charge in [0.2, 0.25) is 12.0 Å². The lowest BCUT2D eigenvalue weighted by molar-refractivity contribution is -0.144. The highest BCUT2D eigenvalue weighted by Gasteiger charge is 2.33. The Kier molecular flexibility index (Phi) is 7.50. The molecular weight excluding hydrogens is 548 g/mol. The van der Waals surface area contributed by atoms with Crippen LogP contribution in [-0.2, 0) is 11.4 Å². The number of nitrogens with two attached hydrogens (primary N) is 1. The lowest BCUT2D eigenvalue weighted by Gasteiger charge is -2.27. The van der Waals surface area contributed by atoms with Crippen molar-refractivity contribution < 1.29 is 33.2 Å². The van der Waals surface area contributed by atoms with Crippen molar-refractivity contribution in [1.29, 1.82) is 5.26 Å². The maximum Gasteiger partial charge on any atom is 0.356 e. The molecule has 2 N–H and O–H groups in total. The number of hydrogen-bond acceptors (Lipinski definition) is 9. The number of esters is 1. The van der Waals surface area contributed by atoms with E-state index in [0.717, 1.165) is 11.1 Å². The highest BCUT2D eigenvalue weighted by Crippen LogP contribution is 2.45. The maximum absolute atomic E-state index is 12.9. The first-order chi connectivity index (χ1) is 20.9. The number of methoxy groups -OCH3 is 1. The Morgan fingerprint density at radius 2 is 1.77 bits per heavy atom. The fourth-order valence-corrected chi connectivity index (χ4v) is 4.99. The van der Waals surface area contributed by atoms with Crippen LogP contribution >= 0.6 is 0 Å². The second-order valence-corrected chi connectivity index (χ2v) is 10.1. The standard InChI is InChI=1S/C34H28N2O7/c1-20-7-9-21(10-8-20)18-39-27-14-11-22(15-30(27)38-2)32-24-13-12-23(16-29(24)43-33(36)25(32)17-35)41-34(37)31-19-40-26-5-3-4-6-28(26)42-31/h3-16,31-32H,18-19,36H2,1-2H3. The molecule has 0 aliphatic carbocycles. The molecular formula is C34H28N2O7. The zero-order chi connectivity index (χ0) is 29.9. The van der Waals surface area contributed by atoms with Crippen molar-refractivity contribution in [3.63, 3.8) is 0 Å². The zero-order valence-corrected chi connectivity index (χ0v) is 23.5. The Balaban J connectivity index is 1.23. The third-order valence-corrected chi connectivity index (χ3v) is 7.22. The van der Waals surface area contributed by atoms with E-state index in [4.69, 9.17) is 34.2 Å². The first-order valence-electron chi connectivity index (χ1n) is 13.6. The van der Waals surface area contributed by atoms with Gasteiger partial charge in [-0.15, -0.1) is 0 Å². The lowest BCUT2D eigenvalue weighted by atomic mass is 9.83. The van der Waals surface area contributed by atoms with Crippen molar-refractivity contribution in [2.75, 3.05) is 13.7 Å². The largest absolute Gasteiger partial charge is 0.493 e. The number of nitriles is 1. The van der Waals surface area contributed by atoms with E-state index in [1.54, 1.807) is 43.5 Å². The topological polar surface area (TPSA) is 122 Å². The number of aryl methyl sites for hydroxylation is 1. The summed E-state index contributed by atoms with van der Waals surface area (Å²) >= 11 is 0. The molecule has 4 aromatic rings. The van der Waals surface area contributed by atoms with Crippen LogP contribution in [0.3, 0.4) is 0 Å². The Morgan fingerprint density at radius 3 is 2.53 bits per heavy atom. The van der Waals surface area contributed by atoms with E-state index in [-0.39, 0.29) is 23.8 Å². The molecule has 0 saturated heterocycles. The SMILES string of the molecule is COc1cc(C2C(C#N)=C(N)Oc3cc(OC(=O)C4COc5ccccc5O4)ccc32)ccc1OCc1ccc(C)cc1. The Hall–Kier alpha value is -5.62. The molecule has 0 amide bonds. The van der Waals surface area contributed by atoms with Gasteiger partial charge < -0.3 is 34.2 Å². The molecule has 216 valence electrons. The number of ether oxygens (including phenoxy) is 6. The zero-order valence-electron chi connectivity index (χ0n) is 23.5. The Bertz CT molecular complexity index is 1760.